The predicted octanol–water partition coefficient (Wildman–Crippen LogP) is 9.38. The van der Waals surface area contributed by atoms with Crippen LogP contribution in [0.5, 0.6) is 5.75 Å². The van der Waals surface area contributed by atoms with Gasteiger partial charge in [0.15, 0.2) is 5.60 Å². The molecule has 1 aliphatic carbocycles. The fraction of sp³-hybridized carbons (Fsp3) is 0.372. The third kappa shape index (κ3) is 8.40. The molecule has 6 rings (SSSR count). The molecule has 1 heterocycles. The largest absolute Gasteiger partial charge is 0.476 e. The van der Waals surface area contributed by atoms with Gasteiger partial charge in [0, 0.05) is 31.1 Å². The minimum Gasteiger partial charge on any atom is -0.476 e. The number of fused-ring (bicyclic) bond motifs is 1. The maximum Gasteiger partial charge on any atom is 0.417 e. The molecule has 4 aromatic rings. The van der Waals surface area contributed by atoms with E-state index < -0.39 is 46.9 Å². The average Bonchev–Trinajstić information content (AvgIpc) is 3.15. The number of nitrogens with zero attached hydrogens (tertiary/aromatic N) is 2. The molecule has 8 nitrogen and oxygen atoms in total. The van der Waals surface area contributed by atoms with E-state index in [4.69, 9.17) is 9.47 Å². The SMILES string of the molecule is CC(C)N(C(=O)c1cc2c(cc1C(F)(F)F)OC(C)(C)C(=O)N2CCNC(=O)OCc1ccccc1)[C@H]1CCCC[C@@H]1c1cccc(-c2ccccc2)c1. The Balaban J connectivity index is 1.31. The molecule has 2 aliphatic rings. The summed E-state index contributed by atoms with van der Waals surface area (Å²) < 4.78 is 55.9. The molecule has 0 radical (unpaired) electrons. The molecule has 1 aliphatic heterocycles. The van der Waals surface area contributed by atoms with Crippen molar-refractivity contribution in [1.29, 1.82) is 0 Å². The summed E-state index contributed by atoms with van der Waals surface area (Å²) in [7, 11) is 0. The quantitative estimate of drug-likeness (QED) is 0.175. The molecule has 54 heavy (non-hydrogen) atoms. The van der Waals surface area contributed by atoms with Gasteiger partial charge in [-0.05, 0) is 74.9 Å². The lowest BCUT2D eigenvalue weighted by Crippen LogP contribution is -2.54. The lowest BCUT2D eigenvalue weighted by atomic mass is 9.78. The Morgan fingerprint density at radius 2 is 1.59 bits per heavy atom. The van der Waals surface area contributed by atoms with Gasteiger partial charge in [0.05, 0.1) is 16.8 Å². The van der Waals surface area contributed by atoms with E-state index in [1.807, 2.05) is 92.7 Å². The first kappa shape index (κ1) is 38.4. The molecule has 0 saturated heterocycles. The van der Waals surface area contributed by atoms with Crippen molar-refractivity contribution in [1.82, 2.24) is 10.2 Å². The van der Waals surface area contributed by atoms with E-state index in [-0.39, 0.29) is 43.1 Å². The van der Waals surface area contributed by atoms with Crippen LogP contribution in [0.4, 0.5) is 23.7 Å². The number of hydrogen-bond acceptors (Lipinski definition) is 5. The fourth-order valence-corrected chi connectivity index (χ4v) is 7.61. The van der Waals surface area contributed by atoms with Crippen LogP contribution in [0.3, 0.4) is 0 Å². The molecule has 11 heteroatoms. The summed E-state index contributed by atoms with van der Waals surface area (Å²) in [6.45, 7) is 6.44. The van der Waals surface area contributed by atoms with E-state index in [1.54, 1.807) is 4.90 Å². The highest BCUT2D eigenvalue weighted by atomic mass is 19.4. The van der Waals surface area contributed by atoms with Gasteiger partial charge in [-0.1, -0.05) is 97.8 Å². The topological polar surface area (TPSA) is 88.2 Å². The van der Waals surface area contributed by atoms with Crippen molar-refractivity contribution in [3.63, 3.8) is 0 Å². The molecule has 1 saturated carbocycles. The third-order valence-electron chi connectivity index (χ3n) is 10.2. The fourth-order valence-electron chi connectivity index (χ4n) is 7.61. The highest BCUT2D eigenvalue weighted by Crippen LogP contribution is 2.45. The second-order valence-electron chi connectivity index (χ2n) is 14.7. The normalized spacial score (nSPS) is 18.1. The monoisotopic (exact) mass is 741 g/mol. The second-order valence-corrected chi connectivity index (χ2v) is 14.7. The number of alkyl halides is 3. The predicted molar refractivity (Wildman–Crippen MR) is 201 cm³/mol. The summed E-state index contributed by atoms with van der Waals surface area (Å²) >= 11 is 0. The van der Waals surface area contributed by atoms with Gasteiger partial charge in [0.1, 0.15) is 12.4 Å². The maximum absolute atomic E-state index is 14.9. The first-order valence-corrected chi connectivity index (χ1v) is 18.4. The summed E-state index contributed by atoms with van der Waals surface area (Å²) in [4.78, 5) is 43.8. The summed E-state index contributed by atoms with van der Waals surface area (Å²) in [5.74, 6) is -1.58. The van der Waals surface area contributed by atoms with Gasteiger partial charge in [0.25, 0.3) is 11.8 Å². The Bertz CT molecular complexity index is 1970. The molecule has 284 valence electrons. The van der Waals surface area contributed by atoms with E-state index in [0.29, 0.717) is 6.42 Å². The maximum atomic E-state index is 14.9. The summed E-state index contributed by atoms with van der Waals surface area (Å²) in [6, 6.07) is 28.4. The van der Waals surface area contributed by atoms with Crippen molar-refractivity contribution in [2.24, 2.45) is 0 Å². The zero-order chi connectivity index (χ0) is 38.6. The molecule has 0 bridgehead atoms. The molecule has 3 amide bonds. The Hall–Kier alpha value is -5.32. The average molecular weight is 742 g/mol. The number of nitrogens with one attached hydrogen (secondary N) is 1. The number of amides is 3. The molecular weight excluding hydrogens is 695 g/mol. The van der Waals surface area contributed by atoms with E-state index in [9.17, 15) is 27.6 Å². The van der Waals surface area contributed by atoms with Crippen molar-refractivity contribution < 1.29 is 37.0 Å². The minimum absolute atomic E-state index is 0.0228. The van der Waals surface area contributed by atoms with Crippen LogP contribution in [0.25, 0.3) is 11.1 Å². The number of halogens is 3. The van der Waals surface area contributed by atoms with Crippen molar-refractivity contribution in [3.05, 3.63) is 119 Å². The molecule has 4 aromatic carbocycles. The van der Waals surface area contributed by atoms with E-state index >= 15 is 0 Å². The molecule has 1 fully saturated rings. The molecule has 2 atom stereocenters. The first-order chi connectivity index (χ1) is 25.7. The molecule has 0 unspecified atom stereocenters. The van der Waals surface area contributed by atoms with Gasteiger partial charge >= 0.3 is 12.3 Å². The zero-order valence-electron chi connectivity index (χ0n) is 31.0. The number of anilines is 1. The standard InChI is InChI=1S/C43H46F3N3O5/c1-28(2)49(36-21-12-11-20-33(36)32-19-13-18-31(24-32)30-16-9-6-10-17-30)39(50)34-25-37-38(26-35(34)43(44,45)46)54-42(3,4)40(51)48(37)23-22-47-41(52)53-27-29-14-7-5-8-15-29/h5-10,13-19,24-26,28,33,36H,11-12,20-23,27H2,1-4H3,(H,47,52)/t33-,36+/m1/s1. The lowest BCUT2D eigenvalue weighted by molar-refractivity contribution is -0.138. The van der Waals surface area contributed by atoms with Gasteiger partial charge in [-0.3, -0.25) is 9.59 Å². The van der Waals surface area contributed by atoms with Crippen LogP contribution in [0.2, 0.25) is 0 Å². The third-order valence-corrected chi connectivity index (χ3v) is 10.2. The number of rotatable bonds is 10. The highest BCUT2D eigenvalue weighted by Gasteiger charge is 2.46. The summed E-state index contributed by atoms with van der Waals surface area (Å²) in [5.41, 5.74) is 0.717. The summed E-state index contributed by atoms with van der Waals surface area (Å²) in [6.07, 6.45) is -2.44. The van der Waals surface area contributed by atoms with Gasteiger partial charge in [-0.25, -0.2) is 4.79 Å². The lowest BCUT2D eigenvalue weighted by Gasteiger charge is -2.43. The highest BCUT2D eigenvalue weighted by molar-refractivity contribution is 6.05. The smallest absolute Gasteiger partial charge is 0.417 e. The second kappa shape index (κ2) is 16.0. The van der Waals surface area contributed by atoms with Crippen LogP contribution >= 0.6 is 0 Å². The molecule has 0 spiro atoms. The zero-order valence-corrected chi connectivity index (χ0v) is 31.0. The van der Waals surface area contributed by atoms with Gasteiger partial charge in [-0.15, -0.1) is 0 Å². The van der Waals surface area contributed by atoms with Gasteiger partial charge in [0.2, 0.25) is 0 Å². The van der Waals surface area contributed by atoms with E-state index in [1.165, 1.54) is 18.7 Å². The summed E-state index contributed by atoms with van der Waals surface area (Å²) in [5, 5.41) is 2.61. The molecule has 1 N–H and O–H groups in total. The Morgan fingerprint density at radius 1 is 0.926 bits per heavy atom. The Kier molecular flexibility index (Phi) is 11.4. The van der Waals surface area contributed by atoms with Crippen LogP contribution in [-0.2, 0) is 22.3 Å². The van der Waals surface area contributed by atoms with Crippen molar-refractivity contribution in [3.8, 4) is 16.9 Å². The van der Waals surface area contributed by atoms with E-state index in [2.05, 4.69) is 11.4 Å². The number of alkyl carbamates (subject to hydrolysis) is 1. The van der Waals surface area contributed by atoms with Crippen molar-refractivity contribution in [2.75, 3.05) is 18.0 Å². The van der Waals surface area contributed by atoms with Crippen molar-refractivity contribution >= 4 is 23.6 Å². The molecule has 0 aromatic heterocycles. The number of hydrogen-bond donors (Lipinski definition) is 1. The number of carbonyl (C=O) groups excluding carboxylic acids is 3. The Morgan fingerprint density at radius 3 is 2.28 bits per heavy atom. The van der Waals surface area contributed by atoms with Crippen LogP contribution in [0.15, 0.2) is 97.1 Å². The van der Waals surface area contributed by atoms with E-state index in [0.717, 1.165) is 53.6 Å². The van der Waals surface area contributed by atoms with Crippen molar-refractivity contribution in [2.45, 2.75) is 89.8 Å². The van der Waals surface area contributed by atoms with Crippen LogP contribution < -0.4 is 15.0 Å². The first-order valence-electron chi connectivity index (χ1n) is 18.4. The number of benzene rings is 4. The van der Waals surface area contributed by atoms with Crippen LogP contribution in [0.1, 0.15) is 86.3 Å². The molecular formula is C43H46F3N3O5. The Labute approximate surface area is 314 Å². The van der Waals surface area contributed by atoms with Gasteiger partial charge in [-0.2, -0.15) is 13.2 Å². The minimum atomic E-state index is -4.90. The van der Waals surface area contributed by atoms with Gasteiger partial charge < -0.3 is 24.6 Å². The van der Waals surface area contributed by atoms with Crippen LogP contribution in [0, 0.1) is 0 Å². The number of carbonyl (C=O) groups is 3. The van der Waals surface area contributed by atoms with Crippen LogP contribution in [-0.4, -0.2) is 53.6 Å². The number of ether oxygens (including phenoxy) is 2.